The van der Waals surface area contributed by atoms with E-state index in [-0.39, 0.29) is 18.4 Å². The third kappa shape index (κ3) is 3.13. The van der Waals surface area contributed by atoms with Crippen LogP contribution in [0.1, 0.15) is 47.5 Å². The number of imide groups is 1. The van der Waals surface area contributed by atoms with Gasteiger partial charge in [0.05, 0.1) is 11.8 Å². The number of pyridine rings is 1. The Bertz CT molecular complexity index is 1100. The average molecular weight is 394 g/mol. The van der Waals surface area contributed by atoms with Crippen molar-refractivity contribution in [1.29, 1.82) is 0 Å². The molecule has 3 amide bonds. The Morgan fingerprint density at radius 3 is 2.93 bits per heavy atom. The van der Waals surface area contributed by atoms with E-state index in [2.05, 4.69) is 25.7 Å². The maximum atomic E-state index is 13.0. The summed E-state index contributed by atoms with van der Waals surface area (Å²) in [6.07, 6.45) is 2.72. The minimum atomic E-state index is -1.04. The van der Waals surface area contributed by atoms with Crippen LogP contribution in [0.15, 0.2) is 30.6 Å². The molecule has 1 aromatic carbocycles. The Kier molecular flexibility index (Phi) is 4.77. The second-order valence-electron chi connectivity index (χ2n) is 6.81. The molecule has 29 heavy (non-hydrogen) atoms. The predicted molar refractivity (Wildman–Crippen MR) is 102 cm³/mol. The van der Waals surface area contributed by atoms with Gasteiger partial charge in [0.25, 0.3) is 5.91 Å². The zero-order valence-corrected chi connectivity index (χ0v) is 15.5. The lowest BCUT2D eigenvalue weighted by atomic mass is 9.99. The summed E-state index contributed by atoms with van der Waals surface area (Å²) >= 11 is 0. The molecule has 1 aliphatic heterocycles. The molecule has 148 valence electrons. The van der Waals surface area contributed by atoms with Crippen LogP contribution in [-0.2, 0) is 9.59 Å². The SMILES string of the molecule is CC(CCC(=O)NC=O)N1C(=O)c2cccc3c(C(O)c4cn[nH]n4)cnc1c23. The molecule has 2 atom stereocenters. The minimum absolute atomic E-state index is 0.103. The van der Waals surface area contributed by atoms with Gasteiger partial charge >= 0.3 is 0 Å². The molecule has 3 N–H and O–H groups in total. The highest BCUT2D eigenvalue weighted by Crippen LogP contribution is 2.40. The second-order valence-corrected chi connectivity index (χ2v) is 6.81. The summed E-state index contributed by atoms with van der Waals surface area (Å²) < 4.78 is 0. The molecule has 3 heterocycles. The molecule has 4 rings (SSSR count). The van der Waals surface area contributed by atoms with Crippen molar-refractivity contribution in [3.05, 3.63) is 47.4 Å². The monoisotopic (exact) mass is 394 g/mol. The average Bonchev–Trinajstić information content (AvgIpc) is 3.35. The summed E-state index contributed by atoms with van der Waals surface area (Å²) in [6.45, 7) is 1.82. The Labute approximate surface area is 164 Å². The van der Waals surface area contributed by atoms with Crippen molar-refractivity contribution >= 4 is 34.8 Å². The number of carbonyl (C=O) groups excluding carboxylic acids is 3. The van der Waals surface area contributed by atoms with Gasteiger partial charge in [0.1, 0.15) is 17.6 Å². The number of H-pyrrole nitrogens is 1. The number of benzene rings is 1. The highest BCUT2D eigenvalue weighted by atomic mass is 16.3. The first-order valence-electron chi connectivity index (χ1n) is 9.04. The lowest BCUT2D eigenvalue weighted by molar-refractivity contribution is -0.125. The predicted octanol–water partition coefficient (Wildman–Crippen LogP) is 0.836. The number of amides is 3. The van der Waals surface area contributed by atoms with Gasteiger partial charge in [0, 0.05) is 29.6 Å². The lowest BCUT2D eigenvalue weighted by Crippen LogP contribution is -2.37. The van der Waals surface area contributed by atoms with Crippen molar-refractivity contribution in [3.8, 4) is 0 Å². The number of hydrogen-bond donors (Lipinski definition) is 3. The summed E-state index contributed by atoms with van der Waals surface area (Å²) in [5.74, 6) is -0.130. The molecular formula is C19H18N6O4. The number of nitrogens with zero attached hydrogens (tertiary/aromatic N) is 4. The first-order chi connectivity index (χ1) is 14.0. The van der Waals surface area contributed by atoms with Crippen LogP contribution < -0.4 is 10.2 Å². The molecule has 0 fully saturated rings. The maximum Gasteiger partial charge on any atom is 0.260 e. The fourth-order valence-electron chi connectivity index (χ4n) is 3.62. The normalized spacial score (nSPS) is 14.8. The molecule has 1 aliphatic rings. The first-order valence-corrected chi connectivity index (χ1v) is 9.04. The van der Waals surface area contributed by atoms with Crippen LogP contribution >= 0.6 is 0 Å². The lowest BCUT2D eigenvalue weighted by Gasteiger charge is -2.24. The van der Waals surface area contributed by atoms with Crippen LogP contribution in [0, 0.1) is 0 Å². The van der Waals surface area contributed by atoms with Crippen LogP contribution in [0.4, 0.5) is 5.82 Å². The number of carbonyl (C=O) groups is 3. The maximum absolute atomic E-state index is 13.0. The third-order valence-electron chi connectivity index (χ3n) is 5.06. The van der Waals surface area contributed by atoms with Crippen molar-refractivity contribution in [3.63, 3.8) is 0 Å². The summed E-state index contributed by atoms with van der Waals surface area (Å²) in [5.41, 5.74) is 1.36. The molecule has 0 spiro atoms. The molecule has 10 heteroatoms. The van der Waals surface area contributed by atoms with Crippen LogP contribution in [0.25, 0.3) is 10.8 Å². The molecule has 0 saturated heterocycles. The van der Waals surface area contributed by atoms with Gasteiger partial charge in [-0.3, -0.25) is 24.6 Å². The fourth-order valence-corrected chi connectivity index (χ4v) is 3.62. The van der Waals surface area contributed by atoms with E-state index in [0.717, 1.165) is 0 Å². The number of aromatic amines is 1. The Hall–Kier alpha value is -3.66. The van der Waals surface area contributed by atoms with E-state index >= 15 is 0 Å². The number of nitrogens with one attached hydrogen (secondary N) is 2. The smallest absolute Gasteiger partial charge is 0.260 e. The summed E-state index contributed by atoms with van der Waals surface area (Å²) in [4.78, 5) is 41.0. The van der Waals surface area contributed by atoms with Crippen molar-refractivity contribution in [2.75, 3.05) is 4.90 Å². The van der Waals surface area contributed by atoms with E-state index in [1.165, 1.54) is 12.4 Å². The number of hydrogen-bond acceptors (Lipinski definition) is 7. The number of rotatable bonds is 7. The number of anilines is 1. The van der Waals surface area contributed by atoms with E-state index in [1.54, 1.807) is 17.0 Å². The molecule has 2 unspecified atom stereocenters. The minimum Gasteiger partial charge on any atom is -0.382 e. The van der Waals surface area contributed by atoms with Crippen LogP contribution in [0.3, 0.4) is 0 Å². The Balaban J connectivity index is 1.71. The van der Waals surface area contributed by atoms with Gasteiger partial charge < -0.3 is 5.11 Å². The molecule has 0 radical (unpaired) electrons. The van der Waals surface area contributed by atoms with Crippen molar-refractivity contribution in [2.24, 2.45) is 0 Å². The second kappa shape index (κ2) is 7.40. The Morgan fingerprint density at radius 2 is 2.21 bits per heavy atom. The number of aliphatic hydroxyl groups excluding tert-OH is 1. The molecule has 0 saturated carbocycles. The largest absolute Gasteiger partial charge is 0.382 e. The van der Waals surface area contributed by atoms with Gasteiger partial charge in [-0.25, -0.2) is 4.98 Å². The van der Waals surface area contributed by atoms with Gasteiger partial charge in [-0.2, -0.15) is 15.4 Å². The van der Waals surface area contributed by atoms with Gasteiger partial charge in [0.15, 0.2) is 0 Å². The van der Waals surface area contributed by atoms with Crippen molar-refractivity contribution in [1.82, 2.24) is 25.7 Å². The molecule has 2 aromatic heterocycles. The highest BCUT2D eigenvalue weighted by Gasteiger charge is 2.35. The molecular weight excluding hydrogens is 376 g/mol. The van der Waals surface area contributed by atoms with Crippen molar-refractivity contribution < 1.29 is 19.5 Å². The molecule has 0 bridgehead atoms. The summed E-state index contributed by atoms with van der Waals surface area (Å²) in [7, 11) is 0. The van der Waals surface area contributed by atoms with Crippen LogP contribution in [0.5, 0.6) is 0 Å². The summed E-state index contributed by atoms with van der Waals surface area (Å²) in [6, 6.07) is 4.98. The molecule has 3 aromatic rings. The van der Waals surface area contributed by atoms with Crippen LogP contribution in [0.2, 0.25) is 0 Å². The van der Waals surface area contributed by atoms with E-state index in [0.29, 0.717) is 46.2 Å². The summed E-state index contributed by atoms with van der Waals surface area (Å²) in [5, 5.41) is 24.2. The van der Waals surface area contributed by atoms with E-state index in [9.17, 15) is 19.5 Å². The van der Waals surface area contributed by atoms with Gasteiger partial charge in [-0.05, 0) is 24.8 Å². The van der Waals surface area contributed by atoms with E-state index < -0.39 is 12.0 Å². The number of aliphatic hydroxyl groups is 1. The van der Waals surface area contributed by atoms with E-state index in [4.69, 9.17) is 0 Å². The molecule has 10 nitrogen and oxygen atoms in total. The highest BCUT2D eigenvalue weighted by molar-refractivity contribution is 6.24. The topological polar surface area (TPSA) is 141 Å². The Morgan fingerprint density at radius 1 is 1.38 bits per heavy atom. The zero-order chi connectivity index (χ0) is 20.5. The van der Waals surface area contributed by atoms with Crippen LogP contribution in [-0.4, -0.2) is 49.8 Å². The van der Waals surface area contributed by atoms with Gasteiger partial charge in [-0.1, -0.05) is 12.1 Å². The fraction of sp³-hybridized carbons (Fsp3) is 0.263. The molecule has 0 aliphatic carbocycles. The standard InChI is InChI=1S/C19H18N6O4/c1-10(5-6-15(27)21-9-26)25-18-16-11(3-2-4-12(16)19(25)29)13(7-20-18)17(28)14-8-22-24-23-14/h2-4,7-10,17,28H,5-6H2,1H3,(H,21,26,27)(H,22,23,24). The number of aromatic nitrogens is 4. The quantitative estimate of drug-likeness (QED) is 0.504. The van der Waals surface area contributed by atoms with Gasteiger partial charge in [-0.15, -0.1) is 0 Å². The zero-order valence-electron chi connectivity index (χ0n) is 15.5. The van der Waals surface area contributed by atoms with Gasteiger partial charge in [0.2, 0.25) is 12.3 Å². The van der Waals surface area contributed by atoms with E-state index in [1.807, 2.05) is 13.0 Å². The third-order valence-corrected chi connectivity index (χ3v) is 5.06. The first kappa shape index (κ1) is 18.7. The van der Waals surface area contributed by atoms with Crippen molar-refractivity contribution in [2.45, 2.75) is 31.9 Å².